The maximum Gasteiger partial charge on any atom is 0.416 e. The van der Waals surface area contributed by atoms with Crippen molar-refractivity contribution in [2.45, 2.75) is 39.3 Å². The van der Waals surface area contributed by atoms with Gasteiger partial charge in [0.1, 0.15) is 11.5 Å². The molecule has 3 aromatic carbocycles. The molecule has 0 bridgehead atoms. The molecule has 1 amide bonds. The van der Waals surface area contributed by atoms with Crippen molar-refractivity contribution in [3.05, 3.63) is 113 Å². The van der Waals surface area contributed by atoms with Crippen LogP contribution < -0.4 is 10.1 Å². The van der Waals surface area contributed by atoms with Gasteiger partial charge in [0.15, 0.2) is 0 Å². The lowest BCUT2D eigenvalue weighted by molar-refractivity contribution is -0.137. The molecular weight excluding hydrogens is 503 g/mol. The van der Waals surface area contributed by atoms with Gasteiger partial charge in [-0.3, -0.25) is 4.79 Å². The van der Waals surface area contributed by atoms with E-state index in [1.165, 1.54) is 17.7 Å². The van der Waals surface area contributed by atoms with Gasteiger partial charge < -0.3 is 15.2 Å². The summed E-state index contributed by atoms with van der Waals surface area (Å²) in [5, 5.41) is 12.4. The van der Waals surface area contributed by atoms with E-state index >= 15 is 0 Å². The third-order valence-electron chi connectivity index (χ3n) is 6.55. The zero-order valence-electron chi connectivity index (χ0n) is 22.2. The standard InChI is InChI=1S/C32H34F3NO3/c1-4-7-22(2)23(3)30(24-10-16-28(37)17-11-24)25-12-18-29(19-13-25)39-21-6-5-20-36-31(38)26-8-14-27(15-9-26)32(33,34)35/h4,8-19,22,37H,1,5-7,20-21H2,2-3H3,(H,36,38)/b30-23-. The van der Waals surface area contributed by atoms with Crippen molar-refractivity contribution in [3.8, 4) is 11.5 Å². The fourth-order valence-corrected chi connectivity index (χ4v) is 4.17. The zero-order chi connectivity index (χ0) is 28.4. The third kappa shape index (κ3) is 8.50. The lowest BCUT2D eigenvalue weighted by Crippen LogP contribution is -2.24. The molecule has 3 aromatic rings. The summed E-state index contributed by atoms with van der Waals surface area (Å²) in [5.41, 5.74) is 3.82. The maximum absolute atomic E-state index is 12.7. The molecule has 1 unspecified atom stereocenters. The zero-order valence-corrected chi connectivity index (χ0v) is 22.2. The number of ether oxygens (including phenoxy) is 1. The van der Waals surface area contributed by atoms with Crippen molar-refractivity contribution < 1.29 is 27.8 Å². The molecular formula is C32H34F3NO3. The summed E-state index contributed by atoms with van der Waals surface area (Å²) in [5.74, 6) is 0.851. The lowest BCUT2D eigenvalue weighted by Gasteiger charge is -2.18. The normalized spacial score (nSPS) is 12.8. The van der Waals surface area contributed by atoms with Crippen LogP contribution in [0.1, 0.15) is 60.2 Å². The highest BCUT2D eigenvalue weighted by molar-refractivity contribution is 5.94. The van der Waals surface area contributed by atoms with Crippen LogP contribution in [0.25, 0.3) is 5.57 Å². The molecule has 0 aliphatic rings. The first-order valence-electron chi connectivity index (χ1n) is 12.9. The Hall–Kier alpha value is -4.00. The maximum atomic E-state index is 12.7. The van der Waals surface area contributed by atoms with E-state index in [1.54, 1.807) is 12.1 Å². The van der Waals surface area contributed by atoms with E-state index in [0.29, 0.717) is 31.9 Å². The number of carbonyl (C=O) groups is 1. The highest BCUT2D eigenvalue weighted by atomic mass is 19.4. The van der Waals surface area contributed by atoms with E-state index in [1.807, 2.05) is 42.5 Å². The predicted molar refractivity (Wildman–Crippen MR) is 149 cm³/mol. The van der Waals surface area contributed by atoms with Crippen LogP contribution in [-0.2, 0) is 6.18 Å². The van der Waals surface area contributed by atoms with Crippen LogP contribution in [0.5, 0.6) is 11.5 Å². The molecule has 206 valence electrons. The highest BCUT2D eigenvalue weighted by Crippen LogP contribution is 2.33. The minimum atomic E-state index is -4.43. The molecule has 7 heteroatoms. The second-order valence-electron chi connectivity index (χ2n) is 9.44. The molecule has 1 atom stereocenters. The van der Waals surface area contributed by atoms with Crippen molar-refractivity contribution in [2.24, 2.45) is 5.92 Å². The average molecular weight is 538 g/mol. The van der Waals surface area contributed by atoms with E-state index < -0.39 is 17.6 Å². The fourth-order valence-electron chi connectivity index (χ4n) is 4.17. The Morgan fingerprint density at radius 3 is 2.08 bits per heavy atom. The van der Waals surface area contributed by atoms with Gasteiger partial charge in [-0.25, -0.2) is 0 Å². The van der Waals surface area contributed by atoms with Crippen LogP contribution >= 0.6 is 0 Å². The van der Waals surface area contributed by atoms with Crippen molar-refractivity contribution in [1.29, 1.82) is 0 Å². The molecule has 0 aromatic heterocycles. The summed E-state index contributed by atoms with van der Waals surface area (Å²) in [4.78, 5) is 12.1. The van der Waals surface area contributed by atoms with Gasteiger partial charge in [0.25, 0.3) is 5.91 Å². The van der Waals surface area contributed by atoms with Crippen molar-refractivity contribution >= 4 is 11.5 Å². The molecule has 0 fully saturated rings. The molecule has 0 aliphatic heterocycles. The summed E-state index contributed by atoms with van der Waals surface area (Å²) >= 11 is 0. The first-order valence-corrected chi connectivity index (χ1v) is 12.9. The largest absolute Gasteiger partial charge is 0.508 e. The number of hydrogen-bond donors (Lipinski definition) is 2. The minimum absolute atomic E-state index is 0.189. The van der Waals surface area contributed by atoms with Crippen LogP contribution in [0.4, 0.5) is 13.2 Å². The van der Waals surface area contributed by atoms with Gasteiger partial charge >= 0.3 is 6.18 Å². The topological polar surface area (TPSA) is 58.6 Å². The van der Waals surface area contributed by atoms with Crippen molar-refractivity contribution in [1.82, 2.24) is 5.32 Å². The van der Waals surface area contributed by atoms with Crippen LogP contribution in [0, 0.1) is 5.92 Å². The number of allylic oxidation sites excluding steroid dienone is 2. The Kier molecular flexibility index (Phi) is 10.4. The summed E-state index contributed by atoms with van der Waals surface area (Å²) in [7, 11) is 0. The molecule has 2 N–H and O–H groups in total. The number of amides is 1. The Balaban J connectivity index is 1.52. The number of alkyl halides is 3. The van der Waals surface area contributed by atoms with Crippen LogP contribution in [-0.4, -0.2) is 24.2 Å². The van der Waals surface area contributed by atoms with Crippen LogP contribution in [0.3, 0.4) is 0 Å². The van der Waals surface area contributed by atoms with E-state index in [9.17, 15) is 23.1 Å². The molecule has 0 aliphatic carbocycles. The predicted octanol–water partition coefficient (Wildman–Crippen LogP) is 8.03. The number of benzene rings is 3. The van der Waals surface area contributed by atoms with Gasteiger partial charge in [-0.05, 0) is 97.3 Å². The SMILES string of the molecule is C=CCC(C)/C(C)=C(/c1ccc(O)cc1)c1ccc(OCCCCNC(=O)c2ccc(C(F)(F)F)cc2)cc1. The van der Waals surface area contributed by atoms with Crippen molar-refractivity contribution in [2.75, 3.05) is 13.2 Å². The molecule has 0 heterocycles. The molecule has 0 saturated carbocycles. The number of hydrogen-bond acceptors (Lipinski definition) is 3. The number of phenolic OH excluding ortho intramolecular Hbond substituents is 1. The number of unbranched alkanes of at least 4 members (excludes halogenated alkanes) is 1. The summed E-state index contributed by atoms with van der Waals surface area (Å²) in [6.45, 7) is 9.01. The van der Waals surface area contributed by atoms with Crippen LogP contribution in [0.2, 0.25) is 0 Å². The van der Waals surface area contributed by atoms with E-state index in [0.717, 1.165) is 41.0 Å². The van der Waals surface area contributed by atoms with Crippen molar-refractivity contribution in [3.63, 3.8) is 0 Å². The molecule has 0 saturated heterocycles. The monoisotopic (exact) mass is 537 g/mol. The summed E-state index contributed by atoms with van der Waals surface area (Å²) in [6, 6.07) is 19.2. The fraction of sp³-hybridized carbons (Fsp3) is 0.281. The van der Waals surface area contributed by atoms with Gasteiger partial charge in [-0.1, -0.05) is 42.8 Å². The lowest BCUT2D eigenvalue weighted by atomic mass is 9.87. The van der Waals surface area contributed by atoms with Gasteiger partial charge in [0.2, 0.25) is 0 Å². The van der Waals surface area contributed by atoms with Gasteiger partial charge in [-0.2, -0.15) is 13.2 Å². The van der Waals surface area contributed by atoms with Gasteiger partial charge in [0.05, 0.1) is 12.2 Å². The Morgan fingerprint density at radius 1 is 0.949 bits per heavy atom. The third-order valence-corrected chi connectivity index (χ3v) is 6.55. The van der Waals surface area contributed by atoms with E-state index in [4.69, 9.17) is 4.74 Å². The number of rotatable bonds is 12. The highest BCUT2D eigenvalue weighted by Gasteiger charge is 2.30. The second-order valence-corrected chi connectivity index (χ2v) is 9.44. The summed E-state index contributed by atoms with van der Waals surface area (Å²) < 4.78 is 43.9. The average Bonchev–Trinajstić information content (AvgIpc) is 2.92. The summed E-state index contributed by atoms with van der Waals surface area (Å²) in [6.07, 6.45) is -0.284. The first-order chi connectivity index (χ1) is 18.6. The molecule has 3 rings (SSSR count). The molecule has 4 nitrogen and oxygen atoms in total. The van der Waals surface area contributed by atoms with E-state index in [-0.39, 0.29) is 11.3 Å². The van der Waals surface area contributed by atoms with E-state index in [2.05, 4.69) is 25.7 Å². The molecule has 0 radical (unpaired) electrons. The second kappa shape index (κ2) is 13.7. The molecule has 39 heavy (non-hydrogen) atoms. The Bertz CT molecular complexity index is 1260. The first kappa shape index (κ1) is 29.6. The smallest absolute Gasteiger partial charge is 0.416 e. The van der Waals surface area contributed by atoms with Crippen LogP contribution in [0.15, 0.2) is 91.0 Å². The quantitative estimate of drug-likeness (QED) is 0.182. The van der Waals surface area contributed by atoms with Gasteiger partial charge in [0, 0.05) is 12.1 Å². The minimum Gasteiger partial charge on any atom is -0.508 e. The molecule has 0 spiro atoms. The Morgan fingerprint density at radius 2 is 1.51 bits per heavy atom. The number of phenols is 1. The number of carbonyl (C=O) groups excluding carboxylic acids is 1. The number of nitrogens with one attached hydrogen (secondary N) is 1. The number of halogens is 3. The van der Waals surface area contributed by atoms with Gasteiger partial charge in [-0.15, -0.1) is 6.58 Å². The number of aromatic hydroxyl groups is 1. The Labute approximate surface area is 227 Å².